The van der Waals surface area contributed by atoms with Crippen molar-refractivity contribution in [2.45, 2.75) is 37.8 Å². The summed E-state index contributed by atoms with van der Waals surface area (Å²) in [6.07, 6.45) is 4.38. The third kappa shape index (κ3) is 2.22. The van der Waals surface area contributed by atoms with Gasteiger partial charge in [0.05, 0.1) is 6.10 Å². The zero-order chi connectivity index (χ0) is 11.7. The molecule has 0 amide bonds. The van der Waals surface area contributed by atoms with E-state index < -0.39 is 0 Å². The van der Waals surface area contributed by atoms with Crippen LogP contribution >= 0.6 is 0 Å². The lowest BCUT2D eigenvalue weighted by Gasteiger charge is -2.24. The lowest BCUT2D eigenvalue weighted by molar-refractivity contribution is 0.0333. The first-order valence-electron chi connectivity index (χ1n) is 6.48. The van der Waals surface area contributed by atoms with Gasteiger partial charge in [0.25, 0.3) is 0 Å². The molecule has 2 aliphatic rings. The number of hydrogen-bond donors (Lipinski definition) is 1. The van der Waals surface area contributed by atoms with Crippen LogP contribution in [0.5, 0.6) is 0 Å². The van der Waals surface area contributed by atoms with Crippen LogP contribution in [0, 0.1) is 5.82 Å². The monoisotopic (exact) mass is 235 g/mol. The van der Waals surface area contributed by atoms with E-state index in [1.807, 2.05) is 6.07 Å². The Bertz CT molecular complexity index is 401. The number of nitrogens with one attached hydrogen (secondary N) is 1. The van der Waals surface area contributed by atoms with E-state index in [9.17, 15) is 4.39 Å². The Hall–Kier alpha value is -0.930. The van der Waals surface area contributed by atoms with Crippen LogP contribution in [-0.4, -0.2) is 19.2 Å². The van der Waals surface area contributed by atoms with Gasteiger partial charge in [0.1, 0.15) is 5.82 Å². The highest BCUT2D eigenvalue weighted by atomic mass is 19.1. The summed E-state index contributed by atoms with van der Waals surface area (Å²) >= 11 is 0. The minimum absolute atomic E-state index is 0.107. The van der Waals surface area contributed by atoms with Crippen molar-refractivity contribution in [1.82, 2.24) is 5.32 Å². The summed E-state index contributed by atoms with van der Waals surface area (Å²) in [5, 5.41) is 3.49. The summed E-state index contributed by atoms with van der Waals surface area (Å²) in [7, 11) is 0. The molecule has 3 rings (SSSR count). The summed E-state index contributed by atoms with van der Waals surface area (Å²) in [5.74, 6) is -0.135. The van der Waals surface area contributed by atoms with Gasteiger partial charge in [-0.2, -0.15) is 0 Å². The molecular formula is C14H18FNO. The fourth-order valence-corrected chi connectivity index (χ4v) is 2.93. The second-order valence-electron chi connectivity index (χ2n) is 4.94. The number of rotatable bonds is 1. The van der Waals surface area contributed by atoms with Crippen molar-refractivity contribution >= 4 is 0 Å². The zero-order valence-electron chi connectivity index (χ0n) is 9.92. The topological polar surface area (TPSA) is 21.3 Å². The maximum atomic E-state index is 13.3. The predicted octanol–water partition coefficient (Wildman–Crippen LogP) is 2.58. The van der Waals surface area contributed by atoms with E-state index in [1.54, 1.807) is 12.1 Å². The first kappa shape index (κ1) is 11.2. The smallest absolute Gasteiger partial charge is 0.123 e. The van der Waals surface area contributed by atoms with Crippen LogP contribution in [0.2, 0.25) is 0 Å². The number of aryl methyl sites for hydroxylation is 1. The first-order chi connectivity index (χ1) is 8.34. The average Bonchev–Trinajstić information content (AvgIpc) is 2.77. The number of benzene rings is 1. The minimum atomic E-state index is -0.135. The Morgan fingerprint density at radius 2 is 2.24 bits per heavy atom. The average molecular weight is 235 g/mol. The molecule has 0 unspecified atom stereocenters. The second kappa shape index (κ2) is 4.75. The molecule has 92 valence electrons. The molecule has 1 fully saturated rings. The van der Waals surface area contributed by atoms with Crippen molar-refractivity contribution in [3.63, 3.8) is 0 Å². The first-order valence-corrected chi connectivity index (χ1v) is 6.48. The van der Waals surface area contributed by atoms with Crippen LogP contribution in [-0.2, 0) is 11.2 Å². The zero-order valence-corrected chi connectivity index (χ0v) is 9.92. The highest BCUT2D eigenvalue weighted by Crippen LogP contribution is 2.32. The van der Waals surface area contributed by atoms with Crippen LogP contribution in [0.4, 0.5) is 4.39 Å². The van der Waals surface area contributed by atoms with Gasteiger partial charge in [-0.15, -0.1) is 0 Å². The van der Waals surface area contributed by atoms with Crippen molar-refractivity contribution in [2.75, 3.05) is 13.2 Å². The molecule has 1 N–H and O–H groups in total. The van der Waals surface area contributed by atoms with Gasteiger partial charge in [-0.05, 0) is 55.5 Å². The van der Waals surface area contributed by atoms with Gasteiger partial charge in [0.15, 0.2) is 0 Å². The number of fused-ring (bicyclic) bond motifs is 1. The normalized spacial score (nSPS) is 28.8. The summed E-state index contributed by atoms with van der Waals surface area (Å²) in [6.45, 7) is 1.85. The lowest BCUT2D eigenvalue weighted by Crippen LogP contribution is -2.30. The molecule has 3 heteroatoms. The molecule has 17 heavy (non-hydrogen) atoms. The molecule has 1 saturated heterocycles. The molecule has 0 aromatic heterocycles. The third-order valence-corrected chi connectivity index (χ3v) is 3.76. The number of ether oxygens (including phenoxy) is 1. The summed E-state index contributed by atoms with van der Waals surface area (Å²) in [5.41, 5.74) is 2.31. The van der Waals surface area contributed by atoms with Crippen molar-refractivity contribution < 1.29 is 9.13 Å². The Kier molecular flexibility index (Phi) is 3.12. The van der Waals surface area contributed by atoms with Gasteiger partial charge in [-0.1, -0.05) is 6.07 Å². The van der Waals surface area contributed by atoms with Gasteiger partial charge in [-0.3, -0.25) is 0 Å². The molecule has 1 aromatic rings. The summed E-state index contributed by atoms with van der Waals surface area (Å²) < 4.78 is 19.2. The van der Waals surface area contributed by atoms with Crippen molar-refractivity contribution in [3.8, 4) is 0 Å². The van der Waals surface area contributed by atoms with E-state index in [2.05, 4.69) is 5.32 Å². The maximum absolute atomic E-state index is 13.3. The molecule has 0 saturated carbocycles. The van der Waals surface area contributed by atoms with E-state index in [1.165, 1.54) is 12.0 Å². The molecule has 0 bridgehead atoms. The highest BCUT2D eigenvalue weighted by molar-refractivity contribution is 5.32. The third-order valence-electron chi connectivity index (χ3n) is 3.76. The SMILES string of the molecule is Fc1ccc2c(c1)CCCO[C@@H]2[C@H]1CCCN1. The van der Waals surface area contributed by atoms with Gasteiger partial charge >= 0.3 is 0 Å². The Morgan fingerprint density at radius 3 is 3.06 bits per heavy atom. The number of halogens is 1. The highest BCUT2D eigenvalue weighted by Gasteiger charge is 2.29. The molecule has 1 aromatic carbocycles. The van der Waals surface area contributed by atoms with Crippen LogP contribution in [0.3, 0.4) is 0 Å². The van der Waals surface area contributed by atoms with E-state index >= 15 is 0 Å². The second-order valence-corrected chi connectivity index (χ2v) is 4.94. The molecule has 2 heterocycles. The molecule has 2 aliphatic heterocycles. The fourth-order valence-electron chi connectivity index (χ4n) is 2.93. The summed E-state index contributed by atoms with van der Waals surface area (Å²) in [6, 6.07) is 5.53. The van der Waals surface area contributed by atoms with E-state index in [0.717, 1.165) is 38.0 Å². The van der Waals surface area contributed by atoms with E-state index in [-0.39, 0.29) is 11.9 Å². The summed E-state index contributed by atoms with van der Waals surface area (Å²) in [4.78, 5) is 0. The van der Waals surface area contributed by atoms with Crippen molar-refractivity contribution in [2.24, 2.45) is 0 Å². The largest absolute Gasteiger partial charge is 0.372 e. The van der Waals surface area contributed by atoms with Crippen LogP contribution in [0.15, 0.2) is 18.2 Å². The molecule has 2 nitrogen and oxygen atoms in total. The van der Waals surface area contributed by atoms with Crippen LogP contribution in [0.1, 0.15) is 36.5 Å². The van der Waals surface area contributed by atoms with Gasteiger partial charge in [0, 0.05) is 12.6 Å². The van der Waals surface area contributed by atoms with Gasteiger partial charge in [0.2, 0.25) is 0 Å². The molecule has 0 spiro atoms. The van der Waals surface area contributed by atoms with Crippen LogP contribution < -0.4 is 5.32 Å². The van der Waals surface area contributed by atoms with Crippen molar-refractivity contribution in [3.05, 3.63) is 35.1 Å². The van der Waals surface area contributed by atoms with Gasteiger partial charge in [-0.25, -0.2) is 4.39 Å². The molecular weight excluding hydrogens is 217 g/mol. The molecule has 2 atom stereocenters. The Morgan fingerprint density at radius 1 is 1.29 bits per heavy atom. The molecule has 0 radical (unpaired) electrons. The minimum Gasteiger partial charge on any atom is -0.372 e. The lowest BCUT2D eigenvalue weighted by atomic mass is 9.95. The Labute approximate surface area is 101 Å². The van der Waals surface area contributed by atoms with E-state index in [4.69, 9.17) is 4.74 Å². The standard InChI is InChI=1S/C14H18FNO/c15-11-5-6-12-10(9-11)3-2-8-17-14(12)13-4-1-7-16-13/h5-6,9,13-14,16H,1-4,7-8H2/t13-,14+/m1/s1. The van der Waals surface area contributed by atoms with Gasteiger partial charge < -0.3 is 10.1 Å². The van der Waals surface area contributed by atoms with Crippen molar-refractivity contribution in [1.29, 1.82) is 0 Å². The quantitative estimate of drug-likeness (QED) is 0.807. The predicted molar refractivity (Wildman–Crippen MR) is 64.4 cm³/mol. The molecule has 0 aliphatic carbocycles. The Balaban J connectivity index is 1.94. The fraction of sp³-hybridized carbons (Fsp3) is 0.571. The number of hydrogen-bond acceptors (Lipinski definition) is 2. The van der Waals surface area contributed by atoms with Crippen LogP contribution in [0.25, 0.3) is 0 Å². The maximum Gasteiger partial charge on any atom is 0.123 e. The van der Waals surface area contributed by atoms with E-state index in [0.29, 0.717) is 6.04 Å².